The molecule has 1 fully saturated rings. The van der Waals surface area contributed by atoms with E-state index in [0.29, 0.717) is 36.6 Å². The second-order valence-electron chi connectivity index (χ2n) is 11.6. The molecule has 0 saturated heterocycles. The maximum atomic E-state index is 13.7. The number of aryl methyl sites for hydroxylation is 1. The minimum Gasteiger partial charge on any atom is -0.377 e. The number of amides is 1. The number of carbonyl (C=O) groups excluding carboxylic acids is 1. The van der Waals surface area contributed by atoms with E-state index in [1.807, 2.05) is 36.1 Å². The Morgan fingerprint density at radius 1 is 1.05 bits per heavy atom. The third kappa shape index (κ3) is 6.40. The third-order valence-electron chi connectivity index (χ3n) is 8.45. The second-order valence-corrected chi connectivity index (χ2v) is 13.3. The number of anilines is 1. The molecule has 5 rings (SSSR count). The van der Waals surface area contributed by atoms with Crippen LogP contribution in [0.2, 0.25) is 0 Å². The van der Waals surface area contributed by atoms with Crippen LogP contribution in [0.3, 0.4) is 0 Å². The minimum atomic E-state index is -4.00. The molecule has 9 nitrogen and oxygen atoms in total. The van der Waals surface area contributed by atoms with Gasteiger partial charge in [0.1, 0.15) is 11.4 Å². The van der Waals surface area contributed by atoms with Crippen molar-refractivity contribution >= 4 is 27.7 Å². The predicted octanol–water partition coefficient (Wildman–Crippen LogP) is 6.93. The highest BCUT2D eigenvalue weighted by atomic mass is 32.2. The van der Waals surface area contributed by atoms with E-state index < -0.39 is 15.6 Å². The Morgan fingerprint density at radius 2 is 1.81 bits per heavy atom. The van der Waals surface area contributed by atoms with Gasteiger partial charge in [0.25, 0.3) is 15.9 Å². The van der Waals surface area contributed by atoms with Gasteiger partial charge < -0.3 is 9.26 Å². The highest BCUT2D eigenvalue weighted by molar-refractivity contribution is 7.92. The van der Waals surface area contributed by atoms with Crippen LogP contribution in [0.5, 0.6) is 0 Å². The van der Waals surface area contributed by atoms with Crippen LogP contribution in [0.15, 0.2) is 56.9 Å². The lowest BCUT2D eigenvalue weighted by Crippen LogP contribution is -2.40. The summed E-state index contributed by atoms with van der Waals surface area (Å²) in [5.41, 5.74) is 3.79. The maximum absolute atomic E-state index is 13.7. The molecule has 1 spiro atoms. The fraction of sp³-hybridized carbons (Fsp3) is 0.485. The van der Waals surface area contributed by atoms with Crippen LogP contribution in [0.1, 0.15) is 87.6 Å². The number of rotatable bonds is 13. The molecule has 10 heteroatoms. The highest BCUT2D eigenvalue weighted by Crippen LogP contribution is 2.40. The number of sulfonamides is 1. The van der Waals surface area contributed by atoms with Crippen LogP contribution >= 0.6 is 0 Å². The van der Waals surface area contributed by atoms with Gasteiger partial charge in [0.15, 0.2) is 0 Å². The summed E-state index contributed by atoms with van der Waals surface area (Å²) in [5.74, 6) is 1.11. The number of nitrogens with zero attached hydrogens (tertiary/aromatic N) is 3. The summed E-state index contributed by atoms with van der Waals surface area (Å²) in [6, 6.07) is 12.9. The normalized spacial score (nSPS) is 16.3. The zero-order chi connectivity index (χ0) is 30.6. The Morgan fingerprint density at radius 3 is 2.51 bits per heavy atom. The Balaban J connectivity index is 1.49. The molecule has 1 N–H and O–H groups in total. The Bertz CT molecular complexity index is 1600. The molecule has 1 amide bonds. The van der Waals surface area contributed by atoms with E-state index >= 15 is 0 Å². The molecule has 0 atom stereocenters. The van der Waals surface area contributed by atoms with Gasteiger partial charge in [-0.3, -0.25) is 14.7 Å². The average Bonchev–Trinajstić information content (AvgIpc) is 3.67. The largest absolute Gasteiger partial charge is 0.377 e. The van der Waals surface area contributed by atoms with Crippen molar-refractivity contribution < 1.29 is 22.5 Å². The monoisotopic (exact) mass is 606 g/mol. The summed E-state index contributed by atoms with van der Waals surface area (Å²) >= 11 is 0. The third-order valence-corrected chi connectivity index (χ3v) is 9.84. The molecule has 43 heavy (non-hydrogen) atoms. The van der Waals surface area contributed by atoms with Gasteiger partial charge in [-0.15, -0.1) is 0 Å². The summed E-state index contributed by atoms with van der Waals surface area (Å²) < 4.78 is 41.0. The molecular weight excluding hydrogens is 564 g/mol. The lowest BCUT2D eigenvalue weighted by atomic mass is 9.96. The zero-order valence-corrected chi connectivity index (χ0v) is 26.4. The van der Waals surface area contributed by atoms with Gasteiger partial charge in [0.2, 0.25) is 5.88 Å². The van der Waals surface area contributed by atoms with E-state index in [9.17, 15) is 13.2 Å². The molecular formula is C33H42N4O5S. The number of aliphatic imine (C=N–C) groups is 1. The lowest BCUT2D eigenvalue weighted by molar-refractivity contribution is -0.131. The predicted molar refractivity (Wildman–Crippen MR) is 167 cm³/mol. The van der Waals surface area contributed by atoms with E-state index in [2.05, 4.69) is 16.8 Å². The van der Waals surface area contributed by atoms with Gasteiger partial charge in [-0.05, 0) is 62.3 Å². The topological polar surface area (TPSA) is 114 Å². The van der Waals surface area contributed by atoms with Crippen molar-refractivity contribution in [2.75, 3.05) is 11.3 Å². The number of ether oxygens (including phenoxy) is 1. The fourth-order valence-electron chi connectivity index (χ4n) is 5.95. The molecule has 2 aromatic carbocycles. The summed E-state index contributed by atoms with van der Waals surface area (Å²) in [5, 5.41) is 3.88. The molecule has 2 heterocycles. The summed E-state index contributed by atoms with van der Waals surface area (Å²) in [6.07, 6.45) is 7.38. The van der Waals surface area contributed by atoms with Gasteiger partial charge in [-0.25, -0.2) is 13.1 Å². The number of aromatic nitrogens is 1. The quantitative estimate of drug-likeness (QED) is 0.211. The molecule has 1 aromatic heterocycles. The highest BCUT2D eigenvalue weighted by Gasteiger charge is 2.49. The molecule has 0 unspecified atom stereocenters. The maximum Gasteiger partial charge on any atom is 0.264 e. The van der Waals surface area contributed by atoms with Crippen LogP contribution in [-0.2, 0) is 32.7 Å². The first-order valence-electron chi connectivity index (χ1n) is 15.3. The van der Waals surface area contributed by atoms with Crippen LogP contribution in [0.4, 0.5) is 5.88 Å². The molecule has 2 aliphatic rings. The number of benzene rings is 2. The van der Waals surface area contributed by atoms with Crippen molar-refractivity contribution in [2.45, 2.75) is 103 Å². The number of unbranched alkanes of at least 4 members (excludes halogenated alkanes) is 1. The summed E-state index contributed by atoms with van der Waals surface area (Å²) in [7, 11) is -4.00. The van der Waals surface area contributed by atoms with E-state index in [4.69, 9.17) is 14.3 Å². The zero-order valence-electron chi connectivity index (χ0n) is 25.6. The van der Waals surface area contributed by atoms with Crippen molar-refractivity contribution in [2.24, 2.45) is 4.99 Å². The number of nitrogens with one attached hydrogen (secondary N) is 1. The molecule has 0 radical (unpaired) electrons. The fourth-order valence-corrected chi connectivity index (χ4v) is 7.22. The van der Waals surface area contributed by atoms with Gasteiger partial charge in [0, 0.05) is 24.2 Å². The molecule has 1 saturated carbocycles. The van der Waals surface area contributed by atoms with E-state index in [0.717, 1.165) is 73.9 Å². The van der Waals surface area contributed by atoms with E-state index in [-0.39, 0.29) is 16.7 Å². The van der Waals surface area contributed by atoms with Crippen LogP contribution in [-0.4, -0.2) is 42.4 Å². The first-order chi connectivity index (χ1) is 20.7. The summed E-state index contributed by atoms with van der Waals surface area (Å²) in [4.78, 5) is 20.8. The number of hydrogen-bond donors (Lipinski definition) is 1. The molecule has 3 aromatic rings. The van der Waals surface area contributed by atoms with Crippen molar-refractivity contribution in [3.63, 3.8) is 0 Å². The van der Waals surface area contributed by atoms with Crippen molar-refractivity contribution in [3.8, 4) is 11.1 Å². The van der Waals surface area contributed by atoms with E-state index in [1.165, 1.54) is 0 Å². The minimum absolute atomic E-state index is 0.102. The molecule has 0 bridgehead atoms. The van der Waals surface area contributed by atoms with Gasteiger partial charge >= 0.3 is 0 Å². The van der Waals surface area contributed by atoms with Crippen LogP contribution in [0, 0.1) is 13.8 Å². The second kappa shape index (κ2) is 13.0. The summed E-state index contributed by atoms with van der Waals surface area (Å²) in [6.45, 7) is 9.04. The Labute approximate surface area is 254 Å². The Kier molecular flexibility index (Phi) is 9.36. The number of hydrogen-bond acceptors (Lipinski definition) is 7. The van der Waals surface area contributed by atoms with Crippen molar-refractivity contribution in [1.82, 2.24) is 10.1 Å². The standard InChI is InChI=1S/C33H42N4O5S/c1-5-7-14-30-34-33(17-10-11-18-33)32(38)37(30)21-25-15-16-27(26(20-25)22-41-19-6-2)28-12-8-9-13-29(28)43(39,40)36-31-23(3)24(4)35-42-31/h8-9,12-13,15-16,20,36H,5-7,10-11,14,17-19,21-22H2,1-4H3. The number of amidine groups is 1. The first-order valence-corrected chi connectivity index (χ1v) is 16.8. The lowest BCUT2D eigenvalue weighted by Gasteiger charge is -2.23. The van der Waals surface area contributed by atoms with Crippen molar-refractivity contribution in [3.05, 3.63) is 64.8 Å². The van der Waals surface area contributed by atoms with E-state index in [1.54, 1.807) is 32.0 Å². The van der Waals surface area contributed by atoms with Gasteiger partial charge in [-0.2, -0.15) is 0 Å². The molecule has 1 aliphatic heterocycles. The van der Waals surface area contributed by atoms with Crippen molar-refractivity contribution in [1.29, 1.82) is 0 Å². The molecule has 1 aliphatic carbocycles. The average molecular weight is 607 g/mol. The number of carbonyl (C=O) groups is 1. The molecule has 230 valence electrons. The first kappa shape index (κ1) is 30.9. The van der Waals surface area contributed by atoms with Crippen LogP contribution < -0.4 is 4.72 Å². The van der Waals surface area contributed by atoms with Gasteiger partial charge in [-0.1, -0.05) is 74.7 Å². The SMILES string of the molecule is CCCCC1=NC2(CCCC2)C(=O)N1Cc1ccc(-c2ccccc2S(=O)(=O)Nc2onc(C)c2C)c(COCCC)c1. The van der Waals surface area contributed by atoms with Crippen LogP contribution in [0.25, 0.3) is 11.1 Å². The smallest absolute Gasteiger partial charge is 0.264 e. The van der Waals surface area contributed by atoms with Gasteiger partial charge in [0.05, 0.1) is 23.7 Å². The Hall–Kier alpha value is -3.50.